The number of morpholine rings is 1. The summed E-state index contributed by atoms with van der Waals surface area (Å²) in [4.78, 5) is 2.59. The van der Waals surface area contributed by atoms with Crippen molar-refractivity contribution >= 4 is 0 Å². The number of nitrogens with one attached hydrogen (secondary N) is 1. The zero-order chi connectivity index (χ0) is 14.4. The van der Waals surface area contributed by atoms with Gasteiger partial charge in [-0.15, -0.1) is 0 Å². The molecule has 2 heterocycles. The second-order valence-corrected chi connectivity index (χ2v) is 6.90. The molecule has 0 saturated carbocycles. The predicted molar refractivity (Wildman–Crippen MR) is 80.4 cm³/mol. The molecule has 2 fully saturated rings. The third-order valence-corrected chi connectivity index (χ3v) is 4.54. The molecule has 2 saturated heterocycles. The molecule has 1 N–H and O–H groups in total. The maximum Gasteiger partial charge on any atom is 0.0826 e. The standard InChI is InChI=1S/C16H29N3O/c1-16(2,13-17)7-3-4-8-18-10-15-11-19-9-5-6-14(19)12-20-15/h14-15,18H,3-12H2,1-2H3. The molecule has 2 aliphatic rings. The summed E-state index contributed by atoms with van der Waals surface area (Å²) in [6, 6.07) is 3.05. The van der Waals surface area contributed by atoms with Gasteiger partial charge in [-0.1, -0.05) is 6.42 Å². The van der Waals surface area contributed by atoms with Crippen LogP contribution in [-0.2, 0) is 4.74 Å². The van der Waals surface area contributed by atoms with Gasteiger partial charge in [-0.05, 0) is 52.6 Å². The van der Waals surface area contributed by atoms with E-state index in [9.17, 15) is 0 Å². The Morgan fingerprint density at radius 3 is 3.05 bits per heavy atom. The molecule has 2 atom stereocenters. The highest BCUT2D eigenvalue weighted by atomic mass is 16.5. The number of fused-ring (bicyclic) bond motifs is 1. The van der Waals surface area contributed by atoms with Gasteiger partial charge in [0.2, 0.25) is 0 Å². The summed E-state index contributed by atoms with van der Waals surface area (Å²) >= 11 is 0. The molecule has 20 heavy (non-hydrogen) atoms. The highest BCUT2D eigenvalue weighted by Crippen LogP contribution is 2.22. The van der Waals surface area contributed by atoms with E-state index in [1.165, 1.54) is 19.4 Å². The van der Waals surface area contributed by atoms with Gasteiger partial charge < -0.3 is 10.1 Å². The van der Waals surface area contributed by atoms with Crippen LogP contribution in [0.15, 0.2) is 0 Å². The van der Waals surface area contributed by atoms with Crippen LogP contribution < -0.4 is 5.32 Å². The van der Waals surface area contributed by atoms with Crippen LogP contribution in [0.3, 0.4) is 0 Å². The molecule has 2 aliphatic heterocycles. The fourth-order valence-corrected chi connectivity index (χ4v) is 3.15. The molecule has 0 spiro atoms. The van der Waals surface area contributed by atoms with Crippen molar-refractivity contribution in [3.05, 3.63) is 0 Å². The molecule has 0 aliphatic carbocycles. The maximum atomic E-state index is 8.95. The number of ether oxygens (including phenoxy) is 1. The first kappa shape index (κ1) is 15.8. The van der Waals surface area contributed by atoms with Gasteiger partial charge in [0.25, 0.3) is 0 Å². The molecular formula is C16H29N3O. The van der Waals surface area contributed by atoms with Gasteiger partial charge in [0.05, 0.1) is 24.2 Å². The lowest BCUT2D eigenvalue weighted by Gasteiger charge is -2.35. The highest BCUT2D eigenvalue weighted by molar-refractivity contribution is 4.91. The topological polar surface area (TPSA) is 48.3 Å². The SMILES string of the molecule is CC(C)(C#N)CCCCNCC1CN2CCCC2CO1. The Kier molecular flexibility index (Phi) is 5.83. The van der Waals surface area contributed by atoms with Gasteiger partial charge >= 0.3 is 0 Å². The van der Waals surface area contributed by atoms with E-state index in [1.54, 1.807) is 0 Å². The summed E-state index contributed by atoms with van der Waals surface area (Å²) < 4.78 is 5.92. The molecule has 4 heteroatoms. The zero-order valence-corrected chi connectivity index (χ0v) is 13.0. The summed E-state index contributed by atoms with van der Waals surface area (Å²) in [5.74, 6) is 0. The molecule has 0 radical (unpaired) electrons. The Morgan fingerprint density at radius 2 is 2.25 bits per heavy atom. The van der Waals surface area contributed by atoms with E-state index in [4.69, 9.17) is 10.00 Å². The van der Waals surface area contributed by atoms with Crippen LogP contribution >= 0.6 is 0 Å². The minimum Gasteiger partial charge on any atom is -0.374 e. The van der Waals surface area contributed by atoms with Crippen molar-refractivity contribution in [1.29, 1.82) is 5.26 Å². The van der Waals surface area contributed by atoms with Crippen LogP contribution in [0.2, 0.25) is 0 Å². The molecule has 0 aromatic rings. The van der Waals surface area contributed by atoms with Crippen LogP contribution in [0.4, 0.5) is 0 Å². The van der Waals surface area contributed by atoms with E-state index in [2.05, 4.69) is 16.3 Å². The Bertz CT molecular complexity index is 337. The third kappa shape index (κ3) is 4.73. The fourth-order valence-electron chi connectivity index (χ4n) is 3.15. The van der Waals surface area contributed by atoms with Crippen molar-refractivity contribution < 1.29 is 4.74 Å². The monoisotopic (exact) mass is 279 g/mol. The minimum atomic E-state index is -0.169. The lowest BCUT2D eigenvalue weighted by molar-refractivity contribution is -0.0468. The maximum absolute atomic E-state index is 8.95. The zero-order valence-electron chi connectivity index (χ0n) is 13.0. The fraction of sp³-hybridized carbons (Fsp3) is 0.938. The molecular weight excluding hydrogens is 250 g/mol. The Hall–Kier alpha value is -0.630. The summed E-state index contributed by atoms with van der Waals surface area (Å²) in [7, 11) is 0. The lowest BCUT2D eigenvalue weighted by Crippen LogP contribution is -2.49. The predicted octanol–water partition coefficient (Wildman–Crippen LogP) is 2.16. The Morgan fingerprint density at radius 1 is 1.40 bits per heavy atom. The number of nitrogens with zero attached hydrogens (tertiary/aromatic N) is 2. The van der Waals surface area contributed by atoms with Gasteiger partial charge in [-0.25, -0.2) is 0 Å². The van der Waals surface area contributed by atoms with Crippen molar-refractivity contribution in [3.8, 4) is 6.07 Å². The van der Waals surface area contributed by atoms with Crippen LogP contribution in [0.25, 0.3) is 0 Å². The summed E-state index contributed by atoms with van der Waals surface area (Å²) in [6.07, 6.45) is 6.26. The van der Waals surface area contributed by atoms with Crippen molar-refractivity contribution in [2.75, 3.05) is 32.8 Å². The van der Waals surface area contributed by atoms with Crippen molar-refractivity contribution in [1.82, 2.24) is 10.2 Å². The van der Waals surface area contributed by atoms with Crippen molar-refractivity contribution in [3.63, 3.8) is 0 Å². The number of nitriles is 1. The van der Waals surface area contributed by atoms with E-state index in [-0.39, 0.29) is 5.41 Å². The largest absolute Gasteiger partial charge is 0.374 e. The first-order chi connectivity index (χ1) is 9.61. The minimum absolute atomic E-state index is 0.169. The Balaban J connectivity index is 1.50. The van der Waals surface area contributed by atoms with E-state index in [0.29, 0.717) is 12.1 Å². The van der Waals surface area contributed by atoms with E-state index >= 15 is 0 Å². The molecule has 2 unspecified atom stereocenters. The van der Waals surface area contributed by atoms with Gasteiger partial charge in [0.1, 0.15) is 0 Å². The smallest absolute Gasteiger partial charge is 0.0826 e. The van der Waals surface area contributed by atoms with Crippen molar-refractivity contribution in [2.24, 2.45) is 5.41 Å². The molecule has 0 aromatic heterocycles. The second-order valence-electron chi connectivity index (χ2n) is 6.90. The molecule has 114 valence electrons. The summed E-state index contributed by atoms with van der Waals surface area (Å²) in [5.41, 5.74) is -0.169. The second kappa shape index (κ2) is 7.40. The Labute approximate surface area is 123 Å². The average Bonchev–Trinajstić information content (AvgIpc) is 2.90. The van der Waals surface area contributed by atoms with Crippen LogP contribution in [0, 0.1) is 16.7 Å². The van der Waals surface area contributed by atoms with E-state index in [1.807, 2.05) is 13.8 Å². The van der Waals surface area contributed by atoms with Gasteiger partial charge in [-0.3, -0.25) is 4.90 Å². The molecule has 0 bridgehead atoms. The van der Waals surface area contributed by atoms with Crippen LogP contribution in [0.1, 0.15) is 46.0 Å². The number of rotatable bonds is 7. The van der Waals surface area contributed by atoms with Crippen LogP contribution in [0.5, 0.6) is 0 Å². The average molecular weight is 279 g/mol. The molecule has 4 nitrogen and oxygen atoms in total. The van der Waals surface area contributed by atoms with Gasteiger partial charge in [0.15, 0.2) is 0 Å². The lowest BCUT2D eigenvalue weighted by atomic mass is 9.89. The summed E-state index contributed by atoms with van der Waals surface area (Å²) in [6.45, 7) is 9.30. The van der Waals surface area contributed by atoms with Gasteiger partial charge in [-0.2, -0.15) is 5.26 Å². The first-order valence-electron chi connectivity index (χ1n) is 8.08. The molecule has 2 rings (SSSR count). The summed E-state index contributed by atoms with van der Waals surface area (Å²) in [5, 5.41) is 12.5. The third-order valence-electron chi connectivity index (χ3n) is 4.54. The number of hydrogen-bond donors (Lipinski definition) is 1. The highest BCUT2D eigenvalue weighted by Gasteiger charge is 2.31. The number of unbranched alkanes of at least 4 members (excludes halogenated alkanes) is 1. The van der Waals surface area contributed by atoms with Gasteiger partial charge in [0, 0.05) is 19.1 Å². The van der Waals surface area contributed by atoms with E-state index < -0.39 is 0 Å². The quantitative estimate of drug-likeness (QED) is 0.726. The van der Waals surface area contributed by atoms with Crippen LogP contribution in [-0.4, -0.2) is 49.8 Å². The normalized spacial score (nSPS) is 27.2. The number of hydrogen-bond acceptors (Lipinski definition) is 4. The first-order valence-corrected chi connectivity index (χ1v) is 8.08. The van der Waals surface area contributed by atoms with Crippen molar-refractivity contribution in [2.45, 2.75) is 58.1 Å². The molecule has 0 amide bonds. The molecule has 0 aromatic carbocycles. The van der Waals surface area contributed by atoms with E-state index in [0.717, 1.165) is 45.5 Å².